The van der Waals surface area contributed by atoms with Crippen LogP contribution in [-0.4, -0.2) is 20.1 Å². The van der Waals surface area contributed by atoms with Crippen molar-refractivity contribution in [1.82, 2.24) is 10.9 Å². The first-order chi connectivity index (χ1) is 7.74. The number of carbonyl (C=O) groups excluding carboxylic acids is 1. The molecule has 1 aromatic carbocycles. The molecule has 0 bridgehead atoms. The normalized spacial score (nSPS) is 16.6. The molecule has 0 unspecified atom stereocenters. The summed E-state index contributed by atoms with van der Waals surface area (Å²) in [6.07, 6.45) is 1.75. The molecule has 1 saturated carbocycles. The van der Waals surface area contributed by atoms with Crippen LogP contribution in [-0.2, 0) is 10.2 Å². The predicted molar refractivity (Wildman–Crippen MR) is 61.1 cm³/mol. The molecule has 4 nitrogen and oxygen atoms in total. The van der Waals surface area contributed by atoms with E-state index in [1.54, 1.807) is 14.2 Å². The third kappa shape index (κ3) is 1.65. The topological polar surface area (TPSA) is 50.4 Å². The Bertz CT molecular complexity index is 400. The third-order valence-electron chi connectivity index (χ3n) is 3.05. The number of rotatable bonds is 4. The Morgan fingerprint density at radius 2 is 2.06 bits per heavy atom. The lowest BCUT2D eigenvalue weighted by molar-refractivity contribution is -0.124. The molecule has 2 N–H and O–H groups in total. The number of hydrazine groups is 1. The molecule has 4 heteroatoms. The lowest BCUT2D eigenvalue weighted by Gasteiger charge is -2.17. The first-order valence-electron chi connectivity index (χ1n) is 5.35. The zero-order valence-corrected chi connectivity index (χ0v) is 9.54. The zero-order chi connectivity index (χ0) is 11.6. The number of ether oxygens (including phenoxy) is 1. The molecule has 0 atom stereocenters. The third-order valence-corrected chi connectivity index (χ3v) is 3.05. The maximum atomic E-state index is 12.0. The second-order valence-electron chi connectivity index (χ2n) is 3.99. The lowest BCUT2D eigenvalue weighted by Crippen LogP contribution is -2.41. The Morgan fingerprint density at radius 1 is 1.38 bits per heavy atom. The molecule has 1 aliphatic rings. The van der Waals surface area contributed by atoms with Gasteiger partial charge in [-0.25, -0.2) is 5.43 Å². The molecule has 0 aliphatic heterocycles. The van der Waals surface area contributed by atoms with Crippen LogP contribution in [0.3, 0.4) is 0 Å². The van der Waals surface area contributed by atoms with Crippen LogP contribution in [0.2, 0.25) is 0 Å². The Hall–Kier alpha value is -1.55. The summed E-state index contributed by atoms with van der Waals surface area (Å²) in [5.74, 6) is 0.797. The summed E-state index contributed by atoms with van der Waals surface area (Å²) in [5, 5.41) is 0. The molecular formula is C12H16N2O2. The number of methoxy groups -OCH3 is 1. The van der Waals surface area contributed by atoms with E-state index in [0.717, 1.165) is 24.2 Å². The minimum absolute atomic E-state index is 0.0134. The molecular weight excluding hydrogens is 204 g/mol. The Morgan fingerprint density at radius 3 is 2.62 bits per heavy atom. The van der Waals surface area contributed by atoms with Gasteiger partial charge in [-0.1, -0.05) is 18.2 Å². The van der Waals surface area contributed by atoms with Gasteiger partial charge in [0, 0.05) is 12.6 Å². The van der Waals surface area contributed by atoms with Crippen molar-refractivity contribution in [3.8, 4) is 5.75 Å². The van der Waals surface area contributed by atoms with E-state index in [0.29, 0.717) is 0 Å². The van der Waals surface area contributed by atoms with Gasteiger partial charge in [0.15, 0.2) is 0 Å². The Labute approximate surface area is 95.0 Å². The highest BCUT2D eigenvalue weighted by Crippen LogP contribution is 2.51. The highest BCUT2D eigenvalue weighted by molar-refractivity contribution is 5.91. The number of benzene rings is 1. The largest absolute Gasteiger partial charge is 0.496 e. The summed E-state index contributed by atoms with van der Waals surface area (Å²) < 4.78 is 5.30. The van der Waals surface area contributed by atoms with E-state index in [2.05, 4.69) is 10.9 Å². The summed E-state index contributed by atoms with van der Waals surface area (Å²) in [6.45, 7) is 0. The van der Waals surface area contributed by atoms with E-state index < -0.39 is 5.41 Å². The van der Waals surface area contributed by atoms with Gasteiger partial charge in [-0.05, 0) is 18.9 Å². The van der Waals surface area contributed by atoms with E-state index in [1.807, 2.05) is 24.3 Å². The van der Waals surface area contributed by atoms with Crippen molar-refractivity contribution in [1.29, 1.82) is 0 Å². The molecule has 0 heterocycles. The number of nitrogens with one attached hydrogen (secondary N) is 2. The van der Waals surface area contributed by atoms with Crippen LogP contribution in [0.15, 0.2) is 24.3 Å². The van der Waals surface area contributed by atoms with E-state index >= 15 is 0 Å². The lowest BCUT2D eigenvalue weighted by atomic mass is 9.94. The summed E-state index contributed by atoms with van der Waals surface area (Å²) in [5.41, 5.74) is 5.92. The summed E-state index contributed by atoms with van der Waals surface area (Å²) in [7, 11) is 3.32. The SMILES string of the molecule is CNNC(=O)C1(c2ccccc2OC)CC1. The van der Waals surface area contributed by atoms with E-state index in [1.165, 1.54) is 0 Å². The average molecular weight is 220 g/mol. The van der Waals surface area contributed by atoms with Crippen LogP contribution in [0.1, 0.15) is 18.4 Å². The molecule has 0 saturated heterocycles. The Kier molecular flexibility index (Phi) is 2.83. The average Bonchev–Trinajstić information content (AvgIpc) is 3.10. The van der Waals surface area contributed by atoms with Crippen LogP contribution in [0.5, 0.6) is 5.75 Å². The minimum atomic E-state index is -0.393. The number of hydrogen-bond donors (Lipinski definition) is 2. The first-order valence-corrected chi connectivity index (χ1v) is 5.35. The predicted octanol–water partition coefficient (Wildman–Crippen LogP) is 0.977. The molecule has 2 rings (SSSR count). The van der Waals surface area contributed by atoms with Crippen molar-refractivity contribution in [2.45, 2.75) is 18.3 Å². The summed E-state index contributed by atoms with van der Waals surface area (Å²) in [6, 6.07) is 7.70. The monoisotopic (exact) mass is 220 g/mol. The highest BCUT2D eigenvalue weighted by Gasteiger charge is 2.52. The number of carbonyl (C=O) groups is 1. The van der Waals surface area contributed by atoms with Crippen molar-refractivity contribution in [2.75, 3.05) is 14.2 Å². The van der Waals surface area contributed by atoms with Gasteiger partial charge in [0.1, 0.15) is 5.75 Å². The van der Waals surface area contributed by atoms with Gasteiger partial charge in [-0.15, -0.1) is 0 Å². The molecule has 1 aliphatic carbocycles. The number of amides is 1. The van der Waals surface area contributed by atoms with Gasteiger partial charge < -0.3 is 4.74 Å². The van der Waals surface area contributed by atoms with Crippen LogP contribution in [0.4, 0.5) is 0 Å². The van der Waals surface area contributed by atoms with Crippen LogP contribution in [0, 0.1) is 0 Å². The van der Waals surface area contributed by atoms with Crippen molar-refractivity contribution >= 4 is 5.91 Å². The molecule has 0 radical (unpaired) electrons. The van der Waals surface area contributed by atoms with Gasteiger partial charge in [0.05, 0.1) is 12.5 Å². The van der Waals surface area contributed by atoms with Crippen molar-refractivity contribution in [2.24, 2.45) is 0 Å². The van der Waals surface area contributed by atoms with Crippen molar-refractivity contribution in [3.63, 3.8) is 0 Å². The second kappa shape index (κ2) is 4.14. The van der Waals surface area contributed by atoms with Gasteiger partial charge in [-0.2, -0.15) is 0 Å². The molecule has 86 valence electrons. The maximum Gasteiger partial charge on any atom is 0.244 e. The molecule has 16 heavy (non-hydrogen) atoms. The molecule has 1 amide bonds. The summed E-state index contributed by atoms with van der Waals surface area (Å²) >= 11 is 0. The Balaban J connectivity index is 2.33. The molecule has 0 aromatic heterocycles. The van der Waals surface area contributed by atoms with Gasteiger partial charge in [0.2, 0.25) is 5.91 Å². The fraction of sp³-hybridized carbons (Fsp3) is 0.417. The van der Waals surface area contributed by atoms with Crippen LogP contribution >= 0.6 is 0 Å². The number of para-hydroxylation sites is 1. The second-order valence-corrected chi connectivity index (χ2v) is 3.99. The van der Waals surface area contributed by atoms with Crippen molar-refractivity contribution in [3.05, 3.63) is 29.8 Å². The quantitative estimate of drug-likeness (QED) is 0.744. The van der Waals surface area contributed by atoms with Crippen LogP contribution < -0.4 is 15.6 Å². The van der Waals surface area contributed by atoms with E-state index in [9.17, 15) is 4.79 Å². The summed E-state index contributed by atoms with van der Waals surface area (Å²) in [4.78, 5) is 12.0. The zero-order valence-electron chi connectivity index (χ0n) is 9.54. The smallest absolute Gasteiger partial charge is 0.244 e. The fourth-order valence-corrected chi connectivity index (χ4v) is 2.02. The van der Waals surface area contributed by atoms with Crippen LogP contribution in [0.25, 0.3) is 0 Å². The maximum absolute atomic E-state index is 12.0. The van der Waals surface area contributed by atoms with Crippen molar-refractivity contribution < 1.29 is 9.53 Å². The molecule has 1 fully saturated rings. The van der Waals surface area contributed by atoms with E-state index in [4.69, 9.17) is 4.74 Å². The number of hydrogen-bond acceptors (Lipinski definition) is 3. The standard InChI is InChI=1S/C12H16N2O2/c1-13-14-11(15)12(7-8-12)9-5-3-4-6-10(9)16-2/h3-6,13H,7-8H2,1-2H3,(H,14,15). The molecule has 1 aromatic rings. The highest BCUT2D eigenvalue weighted by atomic mass is 16.5. The van der Waals surface area contributed by atoms with Gasteiger partial charge in [-0.3, -0.25) is 10.2 Å². The van der Waals surface area contributed by atoms with E-state index in [-0.39, 0.29) is 5.91 Å². The first kappa shape index (κ1) is 11.0. The fourth-order valence-electron chi connectivity index (χ4n) is 2.02. The van der Waals surface area contributed by atoms with Gasteiger partial charge >= 0.3 is 0 Å². The minimum Gasteiger partial charge on any atom is -0.496 e. The molecule has 0 spiro atoms. The van der Waals surface area contributed by atoms with Gasteiger partial charge in [0.25, 0.3) is 0 Å².